The third-order valence-corrected chi connectivity index (χ3v) is 1.69. The highest BCUT2D eigenvalue weighted by atomic mass is 19.3. The van der Waals surface area contributed by atoms with Crippen molar-refractivity contribution in [2.45, 2.75) is 12.8 Å². The molecular formula is C8H8F2N2O2. The first kappa shape index (κ1) is 10.4. The van der Waals surface area contributed by atoms with Gasteiger partial charge in [0.25, 0.3) is 6.43 Å². The first-order chi connectivity index (χ1) is 6.52. The molecule has 0 saturated heterocycles. The molecule has 76 valence electrons. The number of nitrogen functional groups attached to an aromatic ring is 1. The highest BCUT2D eigenvalue weighted by Gasteiger charge is 2.17. The van der Waals surface area contributed by atoms with Crippen LogP contribution >= 0.6 is 0 Å². The highest BCUT2D eigenvalue weighted by molar-refractivity contribution is 5.73. The predicted octanol–water partition coefficient (Wildman–Crippen LogP) is 1.23. The zero-order valence-electron chi connectivity index (χ0n) is 7.08. The van der Waals surface area contributed by atoms with Gasteiger partial charge in [-0.3, -0.25) is 9.78 Å². The van der Waals surface area contributed by atoms with Gasteiger partial charge < -0.3 is 10.8 Å². The van der Waals surface area contributed by atoms with E-state index in [1.54, 1.807) is 0 Å². The fourth-order valence-electron chi connectivity index (χ4n) is 1.06. The van der Waals surface area contributed by atoms with Crippen LogP contribution in [0.1, 0.15) is 17.6 Å². The van der Waals surface area contributed by atoms with Crippen molar-refractivity contribution in [2.24, 2.45) is 0 Å². The van der Waals surface area contributed by atoms with E-state index in [0.29, 0.717) is 0 Å². The molecule has 1 heterocycles. The minimum atomic E-state index is -2.76. The quantitative estimate of drug-likeness (QED) is 0.772. The molecule has 0 aliphatic carbocycles. The summed E-state index contributed by atoms with van der Waals surface area (Å²) in [6.07, 6.45) is -1.20. The topological polar surface area (TPSA) is 76.2 Å². The molecule has 0 unspecified atom stereocenters. The van der Waals surface area contributed by atoms with Crippen molar-refractivity contribution in [1.82, 2.24) is 4.98 Å². The van der Waals surface area contributed by atoms with E-state index in [1.807, 2.05) is 0 Å². The molecule has 0 amide bonds. The molecule has 3 N–H and O–H groups in total. The fraction of sp³-hybridized carbons (Fsp3) is 0.250. The molecule has 1 aromatic rings. The summed E-state index contributed by atoms with van der Waals surface area (Å²) in [4.78, 5) is 13.9. The Bertz CT molecular complexity index is 355. The van der Waals surface area contributed by atoms with Gasteiger partial charge in [-0.2, -0.15) is 0 Å². The number of pyridine rings is 1. The number of carboxylic acid groups (broad SMARTS) is 1. The van der Waals surface area contributed by atoms with Gasteiger partial charge >= 0.3 is 5.97 Å². The Hall–Kier alpha value is -1.72. The van der Waals surface area contributed by atoms with Crippen LogP contribution in [0.4, 0.5) is 14.5 Å². The standard InChI is InChI=1S/C8H8F2N2O2/c9-8(10)5-2-12-3-6(11)4(5)1-7(13)14/h2-3,8H,1,11H2,(H,13,14). The molecular weight excluding hydrogens is 194 g/mol. The van der Waals surface area contributed by atoms with Crippen LogP contribution in [0.3, 0.4) is 0 Å². The second-order valence-electron chi connectivity index (χ2n) is 2.67. The van der Waals surface area contributed by atoms with Crippen molar-refractivity contribution < 1.29 is 18.7 Å². The number of rotatable bonds is 3. The van der Waals surface area contributed by atoms with Crippen LogP contribution in [0.2, 0.25) is 0 Å². The number of anilines is 1. The van der Waals surface area contributed by atoms with E-state index in [1.165, 1.54) is 0 Å². The second-order valence-corrected chi connectivity index (χ2v) is 2.67. The van der Waals surface area contributed by atoms with Crippen molar-refractivity contribution >= 4 is 11.7 Å². The van der Waals surface area contributed by atoms with Gasteiger partial charge in [0, 0.05) is 11.8 Å². The lowest BCUT2D eigenvalue weighted by atomic mass is 10.1. The van der Waals surface area contributed by atoms with Crippen LogP contribution in [0.25, 0.3) is 0 Å². The van der Waals surface area contributed by atoms with E-state index >= 15 is 0 Å². The van der Waals surface area contributed by atoms with E-state index in [2.05, 4.69) is 4.98 Å². The molecule has 0 spiro atoms. The minimum absolute atomic E-state index is 0.0230. The van der Waals surface area contributed by atoms with E-state index in [4.69, 9.17) is 10.8 Å². The molecule has 0 aromatic carbocycles. The molecule has 0 fully saturated rings. The van der Waals surface area contributed by atoms with Crippen LogP contribution < -0.4 is 5.73 Å². The first-order valence-electron chi connectivity index (χ1n) is 3.74. The Balaban J connectivity index is 3.15. The Morgan fingerprint density at radius 3 is 2.71 bits per heavy atom. The number of carboxylic acids is 1. The fourth-order valence-corrected chi connectivity index (χ4v) is 1.06. The normalized spacial score (nSPS) is 10.5. The summed E-state index contributed by atoms with van der Waals surface area (Å²) in [5.74, 6) is -1.20. The SMILES string of the molecule is Nc1cncc(C(F)F)c1CC(=O)O. The molecule has 0 aliphatic heterocycles. The molecule has 6 heteroatoms. The average Bonchev–Trinajstić information content (AvgIpc) is 2.07. The van der Waals surface area contributed by atoms with Crippen molar-refractivity contribution in [1.29, 1.82) is 0 Å². The number of carbonyl (C=O) groups is 1. The van der Waals surface area contributed by atoms with Gasteiger partial charge in [-0.1, -0.05) is 0 Å². The van der Waals surface area contributed by atoms with Crippen molar-refractivity contribution in [3.05, 3.63) is 23.5 Å². The maximum atomic E-state index is 12.4. The molecule has 1 aromatic heterocycles. The van der Waals surface area contributed by atoms with Gasteiger partial charge in [0.15, 0.2) is 0 Å². The van der Waals surface area contributed by atoms with E-state index in [0.717, 1.165) is 12.4 Å². The molecule has 1 rings (SSSR count). The number of nitrogens with zero attached hydrogens (tertiary/aromatic N) is 1. The molecule has 14 heavy (non-hydrogen) atoms. The zero-order valence-corrected chi connectivity index (χ0v) is 7.08. The third-order valence-electron chi connectivity index (χ3n) is 1.69. The number of aromatic nitrogens is 1. The lowest BCUT2D eigenvalue weighted by Crippen LogP contribution is -2.08. The molecule has 0 saturated carbocycles. The summed E-state index contributed by atoms with van der Waals surface area (Å²) < 4.78 is 24.7. The summed E-state index contributed by atoms with van der Waals surface area (Å²) in [5, 5.41) is 8.48. The van der Waals surface area contributed by atoms with Crippen molar-refractivity contribution in [2.75, 3.05) is 5.73 Å². The lowest BCUT2D eigenvalue weighted by molar-refractivity contribution is -0.136. The number of aliphatic carboxylic acids is 1. The molecule has 0 aliphatic rings. The second kappa shape index (κ2) is 3.99. The Labute approximate surface area is 78.4 Å². The molecule has 4 nitrogen and oxygen atoms in total. The van der Waals surface area contributed by atoms with Gasteiger partial charge in [0.05, 0.1) is 18.3 Å². The average molecular weight is 202 g/mol. The molecule has 0 atom stereocenters. The lowest BCUT2D eigenvalue weighted by Gasteiger charge is -2.08. The third kappa shape index (κ3) is 2.15. The smallest absolute Gasteiger partial charge is 0.307 e. The monoisotopic (exact) mass is 202 g/mol. The maximum absolute atomic E-state index is 12.4. The highest BCUT2D eigenvalue weighted by Crippen LogP contribution is 2.26. The van der Waals surface area contributed by atoms with Gasteiger partial charge in [0.2, 0.25) is 0 Å². The van der Waals surface area contributed by atoms with Gasteiger partial charge in [-0.25, -0.2) is 8.78 Å². The first-order valence-corrected chi connectivity index (χ1v) is 3.74. The minimum Gasteiger partial charge on any atom is -0.481 e. The van der Waals surface area contributed by atoms with E-state index < -0.39 is 24.4 Å². The number of alkyl halides is 2. The summed E-state index contributed by atoms with van der Waals surface area (Å²) in [5.41, 5.74) is 4.83. The van der Waals surface area contributed by atoms with Crippen LogP contribution in [0.15, 0.2) is 12.4 Å². The maximum Gasteiger partial charge on any atom is 0.307 e. The Kier molecular flexibility index (Phi) is 2.95. The molecule has 0 radical (unpaired) electrons. The van der Waals surface area contributed by atoms with Gasteiger partial charge in [-0.05, 0) is 5.56 Å². The number of hydrogen-bond acceptors (Lipinski definition) is 3. The van der Waals surface area contributed by atoms with Crippen LogP contribution in [-0.4, -0.2) is 16.1 Å². The van der Waals surface area contributed by atoms with E-state index in [-0.39, 0.29) is 11.3 Å². The molecule has 0 bridgehead atoms. The largest absolute Gasteiger partial charge is 0.481 e. The number of hydrogen-bond donors (Lipinski definition) is 2. The summed E-state index contributed by atoms with van der Waals surface area (Å²) in [7, 11) is 0. The number of halogens is 2. The van der Waals surface area contributed by atoms with E-state index in [9.17, 15) is 13.6 Å². The van der Waals surface area contributed by atoms with Crippen molar-refractivity contribution in [3.8, 4) is 0 Å². The summed E-state index contributed by atoms with van der Waals surface area (Å²) in [6, 6.07) is 0. The predicted molar refractivity (Wildman–Crippen MR) is 44.9 cm³/mol. The van der Waals surface area contributed by atoms with Crippen LogP contribution in [-0.2, 0) is 11.2 Å². The van der Waals surface area contributed by atoms with Crippen LogP contribution in [0.5, 0.6) is 0 Å². The Morgan fingerprint density at radius 2 is 2.21 bits per heavy atom. The number of nitrogens with two attached hydrogens (primary N) is 1. The Morgan fingerprint density at radius 1 is 1.57 bits per heavy atom. The van der Waals surface area contributed by atoms with Gasteiger partial charge in [0.1, 0.15) is 0 Å². The summed E-state index contributed by atoms with van der Waals surface area (Å²) >= 11 is 0. The summed E-state index contributed by atoms with van der Waals surface area (Å²) in [6.45, 7) is 0. The van der Waals surface area contributed by atoms with Crippen molar-refractivity contribution in [3.63, 3.8) is 0 Å². The van der Waals surface area contributed by atoms with Crippen LogP contribution in [0, 0.1) is 0 Å². The zero-order chi connectivity index (χ0) is 10.7. The van der Waals surface area contributed by atoms with Gasteiger partial charge in [-0.15, -0.1) is 0 Å².